The molecule has 0 bridgehead atoms. The van der Waals surface area contributed by atoms with E-state index in [4.69, 9.17) is 0 Å². The second kappa shape index (κ2) is 11.1. The van der Waals surface area contributed by atoms with Gasteiger partial charge < -0.3 is 15.3 Å². The number of nitrogens with zero attached hydrogens (tertiary/aromatic N) is 2. The minimum absolute atomic E-state index is 0. The summed E-state index contributed by atoms with van der Waals surface area (Å²) in [6.45, 7) is 5.78. The summed E-state index contributed by atoms with van der Waals surface area (Å²) in [4.78, 5) is 6.56. The minimum atomic E-state index is -0.763. The van der Waals surface area contributed by atoms with Crippen molar-refractivity contribution < 1.29 is 9.50 Å². The van der Waals surface area contributed by atoms with E-state index in [1.54, 1.807) is 12.1 Å². The van der Waals surface area contributed by atoms with Crippen molar-refractivity contribution in [3.63, 3.8) is 0 Å². The van der Waals surface area contributed by atoms with Crippen LogP contribution in [0.4, 0.5) is 4.39 Å². The molecule has 0 aliphatic heterocycles. The van der Waals surface area contributed by atoms with E-state index in [1.807, 2.05) is 31.0 Å². The van der Waals surface area contributed by atoms with Gasteiger partial charge >= 0.3 is 0 Å². The molecular formula is C20H27FIN3O. The molecule has 0 saturated carbocycles. The number of hydrogen-bond acceptors (Lipinski definition) is 2. The van der Waals surface area contributed by atoms with Gasteiger partial charge in [0.25, 0.3) is 0 Å². The summed E-state index contributed by atoms with van der Waals surface area (Å²) in [6, 6.07) is 14.1. The highest BCUT2D eigenvalue weighted by Crippen LogP contribution is 2.14. The molecule has 1 atom stereocenters. The van der Waals surface area contributed by atoms with Gasteiger partial charge in [-0.05, 0) is 42.7 Å². The highest BCUT2D eigenvalue weighted by Gasteiger charge is 2.11. The van der Waals surface area contributed by atoms with Gasteiger partial charge in [0, 0.05) is 20.1 Å². The van der Waals surface area contributed by atoms with Gasteiger partial charge in [-0.2, -0.15) is 0 Å². The lowest BCUT2D eigenvalue weighted by atomic mass is 10.1. The third-order valence-electron chi connectivity index (χ3n) is 4.03. The van der Waals surface area contributed by atoms with Gasteiger partial charge in [-0.3, -0.25) is 4.99 Å². The van der Waals surface area contributed by atoms with Crippen LogP contribution in [0.3, 0.4) is 0 Å². The highest BCUT2D eigenvalue weighted by molar-refractivity contribution is 14.0. The molecule has 2 aromatic carbocycles. The van der Waals surface area contributed by atoms with Crippen molar-refractivity contribution in [2.75, 3.05) is 20.1 Å². The number of nitrogens with one attached hydrogen (secondary N) is 1. The molecule has 0 amide bonds. The molecule has 2 N–H and O–H groups in total. The van der Waals surface area contributed by atoms with Crippen molar-refractivity contribution in [3.05, 3.63) is 71.0 Å². The van der Waals surface area contributed by atoms with Crippen molar-refractivity contribution in [2.24, 2.45) is 4.99 Å². The number of aliphatic hydroxyl groups is 1. The Hall–Kier alpha value is -1.67. The van der Waals surface area contributed by atoms with Gasteiger partial charge in [-0.1, -0.05) is 36.4 Å². The summed E-state index contributed by atoms with van der Waals surface area (Å²) in [5.74, 6) is 0.415. The Morgan fingerprint density at radius 1 is 1.19 bits per heavy atom. The Balaban J connectivity index is 0.00000338. The first-order chi connectivity index (χ1) is 12.0. The number of hydrogen-bond donors (Lipinski definition) is 2. The Labute approximate surface area is 172 Å². The van der Waals surface area contributed by atoms with E-state index in [9.17, 15) is 9.50 Å². The van der Waals surface area contributed by atoms with Crippen LogP contribution in [-0.4, -0.2) is 36.1 Å². The van der Waals surface area contributed by atoms with Crippen LogP contribution in [0.25, 0.3) is 0 Å². The second-order valence-electron chi connectivity index (χ2n) is 6.04. The molecule has 0 saturated heterocycles. The maximum Gasteiger partial charge on any atom is 0.194 e. The summed E-state index contributed by atoms with van der Waals surface area (Å²) in [6.07, 6.45) is -0.763. The smallest absolute Gasteiger partial charge is 0.194 e. The molecule has 0 aliphatic rings. The summed E-state index contributed by atoms with van der Waals surface area (Å²) in [5.41, 5.74) is 3.12. The van der Waals surface area contributed by atoms with E-state index < -0.39 is 6.10 Å². The van der Waals surface area contributed by atoms with Crippen LogP contribution in [0.15, 0.2) is 53.5 Å². The van der Waals surface area contributed by atoms with Crippen molar-refractivity contribution in [2.45, 2.75) is 26.5 Å². The zero-order valence-electron chi connectivity index (χ0n) is 15.4. The van der Waals surface area contributed by atoms with Gasteiger partial charge in [0.05, 0.1) is 12.6 Å². The first-order valence-electron chi connectivity index (χ1n) is 8.48. The predicted molar refractivity (Wildman–Crippen MR) is 115 cm³/mol. The number of aliphatic hydroxyl groups excluding tert-OH is 1. The zero-order valence-corrected chi connectivity index (χ0v) is 17.8. The molecule has 2 rings (SSSR count). The number of guanidine groups is 1. The van der Waals surface area contributed by atoms with Crippen molar-refractivity contribution >= 4 is 29.9 Å². The fourth-order valence-electron chi connectivity index (χ4n) is 2.55. The fourth-order valence-corrected chi connectivity index (χ4v) is 2.55. The number of aryl methyl sites for hydroxylation is 1. The Kier molecular flexibility index (Phi) is 9.58. The Bertz CT molecular complexity index is 706. The molecule has 0 aliphatic carbocycles. The fraction of sp³-hybridized carbons (Fsp3) is 0.350. The van der Waals surface area contributed by atoms with Crippen LogP contribution in [0.5, 0.6) is 0 Å². The quantitative estimate of drug-likeness (QED) is 0.382. The summed E-state index contributed by atoms with van der Waals surface area (Å²) in [7, 11) is 1.97. The molecule has 0 spiro atoms. The topological polar surface area (TPSA) is 47.9 Å². The van der Waals surface area contributed by atoms with Crippen molar-refractivity contribution in [3.8, 4) is 0 Å². The zero-order chi connectivity index (χ0) is 18.2. The average molecular weight is 471 g/mol. The van der Waals surface area contributed by atoms with Crippen LogP contribution in [0.2, 0.25) is 0 Å². The van der Waals surface area contributed by atoms with Gasteiger partial charge in [-0.25, -0.2) is 4.39 Å². The van der Waals surface area contributed by atoms with Crippen LogP contribution >= 0.6 is 24.0 Å². The number of rotatable bonds is 6. The standard InChI is InChI=1S/C20H26FN3O.HI/c1-4-22-20(24(3)14-17-8-6-5-7-15(17)2)23-13-19(25)16-9-11-18(21)12-10-16;/h5-12,19,25H,4,13-14H2,1-3H3,(H,22,23);1H. The first kappa shape index (κ1) is 22.4. The molecule has 142 valence electrons. The normalized spacial score (nSPS) is 12.3. The molecule has 1 unspecified atom stereocenters. The van der Waals surface area contributed by atoms with E-state index >= 15 is 0 Å². The summed E-state index contributed by atoms with van der Waals surface area (Å²) < 4.78 is 13.0. The predicted octanol–water partition coefficient (Wildman–Crippen LogP) is 3.88. The molecule has 6 heteroatoms. The number of halogens is 2. The van der Waals surface area contributed by atoms with Gasteiger partial charge in [0.1, 0.15) is 5.82 Å². The van der Waals surface area contributed by atoms with E-state index in [1.165, 1.54) is 23.3 Å². The third-order valence-corrected chi connectivity index (χ3v) is 4.03. The average Bonchev–Trinajstić information content (AvgIpc) is 2.60. The lowest BCUT2D eigenvalue weighted by Gasteiger charge is -2.23. The van der Waals surface area contributed by atoms with Crippen LogP contribution in [-0.2, 0) is 6.54 Å². The molecule has 0 fully saturated rings. The Morgan fingerprint density at radius 2 is 1.85 bits per heavy atom. The van der Waals surface area contributed by atoms with Crippen LogP contribution < -0.4 is 5.32 Å². The summed E-state index contributed by atoms with van der Waals surface area (Å²) in [5, 5.41) is 13.5. The van der Waals surface area contributed by atoms with Crippen LogP contribution in [0.1, 0.15) is 29.7 Å². The van der Waals surface area contributed by atoms with E-state index in [-0.39, 0.29) is 36.3 Å². The third kappa shape index (κ3) is 6.57. The molecule has 0 aromatic heterocycles. The molecule has 2 aromatic rings. The van der Waals surface area contributed by atoms with Gasteiger partial charge in [-0.15, -0.1) is 24.0 Å². The molecule has 0 heterocycles. The van der Waals surface area contributed by atoms with E-state index in [2.05, 4.69) is 29.4 Å². The van der Waals surface area contributed by atoms with Crippen molar-refractivity contribution in [1.82, 2.24) is 10.2 Å². The lowest BCUT2D eigenvalue weighted by molar-refractivity contribution is 0.186. The largest absolute Gasteiger partial charge is 0.386 e. The Morgan fingerprint density at radius 3 is 2.46 bits per heavy atom. The van der Waals surface area contributed by atoms with Crippen LogP contribution in [0, 0.1) is 12.7 Å². The minimum Gasteiger partial charge on any atom is -0.386 e. The van der Waals surface area contributed by atoms with Gasteiger partial charge in [0.15, 0.2) is 5.96 Å². The maximum absolute atomic E-state index is 13.0. The monoisotopic (exact) mass is 471 g/mol. The molecule has 0 radical (unpaired) electrons. The first-order valence-corrected chi connectivity index (χ1v) is 8.48. The lowest BCUT2D eigenvalue weighted by Crippen LogP contribution is -2.38. The van der Waals surface area contributed by atoms with E-state index in [0.717, 1.165) is 19.0 Å². The molecular weight excluding hydrogens is 444 g/mol. The maximum atomic E-state index is 13.0. The molecule has 4 nitrogen and oxygen atoms in total. The SMILES string of the molecule is CCNC(=NCC(O)c1ccc(F)cc1)N(C)Cc1ccccc1C.I. The summed E-state index contributed by atoms with van der Waals surface area (Å²) >= 11 is 0. The van der Waals surface area contributed by atoms with Gasteiger partial charge in [0.2, 0.25) is 0 Å². The highest BCUT2D eigenvalue weighted by atomic mass is 127. The second-order valence-corrected chi connectivity index (χ2v) is 6.04. The number of benzene rings is 2. The van der Waals surface area contributed by atoms with E-state index in [0.29, 0.717) is 5.56 Å². The van der Waals surface area contributed by atoms with Crippen molar-refractivity contribution in [1.29, 1.82) is 0 Å². The molecule has 26 heavy (non-hydrogen) atoms. The number of aliphatic imine (C=N–C) groups is 1.